The van der Waals surface area contributed by atoms with Crippen molar-refractivity contribution in [1.29, 1.82) is 0 Å². The van der Waals surface area contributed by atoms with Crippen molar-refractivity contribution in [3.05, 3.63) is 35.6 Å². The number of rotatable bonds is 6. The van der Waals surface area contributed by atoms with Crippen molar-refractivity contribution in [3.8, 4) is 0 Å². The first kappa shape index (κ1) is 23.0. The van der Waals surface area contributed by atoms with Crippen molar-refractivity contribution in [2.75, 3.05) is 51.3 Å². The van der Waals surface area contributed by atoms with E-state index in [-0.39, 0.29) is 24.7 Å². The molecule has 1 amide bonds. The van der Waals surface area contributed by atoms with Crippen LogP contribution in [-0.2, 0) is 9.53 Å². The van der Waals surface area contributed by atoms with Crippen molar-refractivity contribution >= 4 is 50.8 Å². The quantitative estimate of drug-likeness (QED) is 0.496. The molecular weight excluding hydrogens is 456 g/mol. The Balaban J connectivity index is 1.42. The number of anilines is 1. The van der Waals surface area contributed by atoms with Gasteiger partial charge in [0.05, 0.1) is 54.8 Å². The first-order valence-corrected chi connectivity index (χ1v) is 11.9. The number of aliphatic imine (C=N–C) groups is 1. The van der Waals surface area contributed by atoms with Crippen molar-refractivity contribution in [3.63, 3.8) is 0 Å². The molecule has 4 heterocycles. The van der Waals surface area contributed by atoms with Gasteiger partial charge >= 0.3 is 0 Å². The zero-order chi connectivity index (χ0) is 23.9. The number of carbonyl (C=O) groups is 1. The van der Waals surface area contributed by atoms with Crippen LogP contribution in [0, 0.1) is 0 Å². The van der Waals surface area contributed by atoms with Gasteiger partial charge in [-0.1, -0.05) is 11.6 Å². The topological polar surface area (TPSA) is 106 Å². The molecule has 1 saturated heterocycles. The number of amides is 1. The van der Waals surface area contributed by atoms with Gasteiger partial charge in [0.1, 0.15) is 11.9 Å². The number of pyridine rings is 1. The molecule has 180 valence electrons. The lowest BCUT2D eigenvalue weighted by molar-refractivity contribution is -0.141. The van der Waals surface area contributed by atoms with Gasteiger partial charge in [-0.25, -0.2) is 0 Å². The first-order chi connectivity index (χ1) is 16.3. The van der Waals surface area contributed by atoms with Gasteiger partial charge in [-0.15, -0.1) is 0 Å². The minimum atomic E-state index is -0.493. The number of nitrogens with one attached hydrogen (secondary N) is 2. The van der Waals surface area contributed by atoms with Crippen molar-refractivity contribution in [2.45, 2.75) is 25.5 Å². The second kappa shape index (κ2) is 9.14. The number of ether oxygens (including phenoxy) is 1. The van der Waals surface area contributed by atoms with Crippen LogP contribution in [0.1, 0.15) is 13.8 Å². The van der Waals surface area contributed by atoms with E-state index in [0.717, 1.165) is 34.2 Å². The van der Waals surface area contributed by atoms with Crippen LogP contribution in [0.4, 0.5) is 5.69 Å². The van der Waals surface area contributed by atoms with E-state index < -0.39 is 6.04 Å². The number of nitrogens with zero attached hydrogens (tertiary/aromatic N) is 4. The minimum Gasteiger partial charge on any atom is -0.395 e. The summed E-state index contributed by atoms with van der Waals surface area (Å²) in [6.07, 6.45) is 3.49. The Morgan fingerprint density at radius 3 is 3.06 bits per heavy atom. The van der Waals surface area contributed by atoms with E-state index in [0.29, 0.717) is 36.9 Å². The van der Waals surface area contributed by atoms with E-state index in [1.54, 1.807) is 18.5 Å². The predicted molar refractivity (Wildman–Crippen MR) is 134 cm³/mol. The molecule has 0 spiro atoms. The summed E-state index contributed by atoms with van der Waals surface area (Å²) in [5.41, 5.74) is 1.92. The number of amidine groups is 1. The highest BCUT2D eigenvalue weighted by molar-refractivity contribution is 6.33. The number of carbonyl (C=O) groups excluding carboxylic acids is 1. The largest absolute Gasteiger partial charge is 0.395 e. The lowest BCUT2D eigenvalue weighted by Crippen LogP contribution is -2.60. The Bertz CT molecular complexity index is 1260. The van der Waals surface area contributed by atoms with Crippen molar-refractivity contribution in [2.24, 2.45) is 4.99 Å². The highest BCUT2D eigenvalue weighted by Crippen LogP contribution is 2.33. The molecule has 1 fully saturated rings. The van der Waals surface area contributed by atoms with Gasteiger partial charge in [0.15, 0.2) is 0 Å². The number of aliphatic hydroxyl groups excluding tert-OH is 1. The molecule has 5 rings (SSSR count). The molecule has 2 aliphatic rings. The molecule has 0 bridgehead atoms. The van der Waals surface area contributed by atoms with Crippen LogP contribution in [0.3, 0.4) is 0 Å². The van der Waals surface area contributed by atoms with Gasteiger partial charge in [0.2, 0.25) is 5.91 Å². The number of fused-ring (bicyclic) bond motifs is 3. The lowest BCUT2D eigenvalue weighted by Gasteiger charge is -2.43. The van der Waals surface area contributed by atoms with Crippen LogP contribution < -0.4 is 5.32 Å². The van der Waals surface area contributed by atoms with E-state index in [9.17, 15) is 9.90 Å². The monoisotopic (exact) mass is 484 g/mol. The minimum absolute atomic E-state index is 0.0718. The molecule has 0 radical (unpaired) electrons. The molecule has 3 aromatic rings. The summed E-state index contributed by atoms with van der Waals surface area (Å²) >= 11 is 6.42. The molecule has 1 atom stereocenters. The van der Waals surface area contributed by atoms with Gasteiger partial charge in [-0.2, -0.15) is 0 Å². The maximum absolute atomic E-state index is 13.5. The number of benzene rings is 1. The van der Waals surface area contributed by atoms with Crippen molar-refractivity contribution < 1.29 is 14.6 Å². The molecule has 3 N–H and O–H groups in total. The number of hydrogen-bond acceptors (Lipinski definition) is 7. The number of H-pyrrole nitrogens is 1. The predicted octanol–water partition coefficient (Wildman–Crippen LogP) is 2.49. The number of β-amino-alcohol motifs (C(OH)–C–C–N with tert-alkyl or cyclic N) is 1. The normalized spacial score (nSPS) is 20.8. The Morgan fingerprint density at radius 1 is 1.38 bits per heavy atom. The van der Waals surface area contributed by atoms with E-state index in [1.165, 1.54) is 0 Å². The Labute approximate surface area is 202 Å². The SMILES string of the molecule is CC1(C)CN(CC2=NCCN2CCO)[C@H](C(=O)Nc2cc(Cl)cc3c2[nH]c2cnccc23)CO1. The van der Waals surface area contributed by atoms with Gasteiger partial charge in [-0.3, -0.25) is 19.7 Å². The summed E-state index contributed by atoms with van der Waals surface area (Å²) in [6, 6.07) is 5.08. The average Bonchev–Trinajstić information content (AvgIpc) is 3.38. The van der Waals surface area contributed by atoms with Crippen LogP contribution >= 0.6 is 11.6 Å². The number of aromatic amines is 1. The first-order valence-electron chi connectivity index (χ1n) is 11.5. The zero-order valence-electron chi connectivity index (χ0n) is 19.3. The smallest absolute Gasteiger partial charge is 0.244 e. The Hall–Kier alpha value is -2.72. The molecule has 1 aromatic carbocycles. The molecule has 2 aromatic heterocycles. The fraction of sp³-hybridized carbons (Fsp3) is 0.458. The van der Waals surface area contributed by atoms with Crippen LogP contribution in [0.25, 0.3) is 21.8 Å². The maximum atomic E-state index is 13.5. The van der Waals surface area contributed by atoms with Crippen LogP contribution in [-0.4, -0.2) is 94.2 Å². The molecule has 0 unspecified atom stereocenters. The summed E-state index contributed by atoms with van der Waals surface area (Å²) in [5.74, 6) is 0.737. The molecule has 9 nitrogen and oxygen atoms in total. The lowest BCUT2D eigenvalue weighted by atomic mass is 10.0. The standard InChI is InChI=1S/C24H29ClN6O3/c1-24(2)14-31(12-21-27-5-6-30(21)7-8-32)20(13-34-24)23(33)29-18-10-15(25)9-17-16-3-4-26-11-19(16)28-22(17)18/h3-4,9-11,20,28,32H,5-8,12-14H2,1-2H3,(H,29,33)/t20-/m0/s1. The number of halogens is 1. The summed E-state index contributed by atoms with van der Waals surface area (Å²) < 4.78 is 6.03. The fourth-order valence-electron chi connectivity index (χ4n) is 4.82. The number of morpholine rings is 1. The van der Waals surface area contributed by atoms with Gasteiger partial charge in [-0.05, 0) is 32.0 Å². The van der Waals surface area contributed by atoms with Gasteiger partial charge in [0.25, 0.3) is 0 Å². The fourth-order valence-corrected chi connectivity index (χ4v) is 5.03. The van der Waals surface area contributed by atoms with Crippen LogP contribution in [0.5, 0.6) is 0 Å². The van der Waals surface area contributed by atoms with Crippen LogP contribution in [0.2, 0.25) is 5.02 Å². The zero-order valence-corrected chi connectivity index (χ0v) is 20.1. The highest BCUT2D eigenvalue weighted by Gasteiger charge is 2.39. The summed E-state index contributed by atoms with van der Waals surface area (Å²) in [5, 5.41) is 14.9. The average molecular weight is 485 g/mol. The number of hydrogen-bond donors (Lipinski definition) is 3. The second-order valence-corrected chi connectivity index (χ2v) is 9.85. The van der Waals surface area contributed by atoms with E-state index in [2.05, 4.69) is 30.1 Å². The molecule has 10 heteroatoms. The molecular formula is C24H29ClN6O3. The maximum Gasteiger partial charge on any atom is 0.244 e. The highest BCUT2D eigenvalue weighted by atomic mass is 35.5. The summed E-state index contributed by atoms with van der Waals surface area (Å²) in [6.45, 7) is 7.53. The summed E-state index contributed by atoms with van der Waals surface area (Å²) in [4.78, 5) is 29.9. The Morgan fingerprint density at radius 2 is 2.24 bits per heavy atom. The second-order valence-electron chi connectivity index (χ2n) is 9.41. The third kappa shape index (κ3) is 4.48. The van der Waals surface area contributed by atoms with Gasteiger partial charge in [0, 0.05) is 41.6 Å². The number of aliphatic hydroxyl groups is 1. The van der Waals surface area contributed by atoms with E-state index in [4.69, 9.17) is 16.3 Å². The summed E-state index contributed by atoms with van der Waals surface area (Å²) in [7, 11) is 0. The van der Waals surface area contributed by atoms with Crippen molar-refractivity contribution in [1.82, 2.24) is 19.8 Å². The Kier molecular flexibility index (Phi) is 6.20. The van der Waals surface area contributed by atoms with E-state index >= 15 is 0 Å². The third-order valence-electron chi connectivity index (χ3n) is 6.43. The van der Waals surface area contributed by atoms with Crippen LogP contribution in [0.15, 0.2) is 35.6 Å². The number of aromatic nitrogens is 2. The molecule has 2 aliphatic heterocycles. The third-order valence-corrected chi connectivity index (χ3v) is 6.65. The van der Waals surface area contributed by atoms with E-state index in [1.807, 2.05) is 26.0 Å². The van der Waals surface area contributed by atoms with Gasteiger partial charge < -0.3 is 25.0 Å². The molecule has 0 saturated carbocycles. The molecule has 0 aliphatic carbocycles. The molecule has 34 heavy (non-hydrogen) atoms.